The van der Waals surface area contributed by atoms with E-state index in [1.54, 1.807) is 0 Å². The molecule has 0 amide bonds. The summed E-state index contributed by atoms with van der Waals surface area (Å²) in [7, 11) is 0. The van der Waals surface area contributed by atoms with Gasteiger partial charge in [-0.05, 0) is 19.4 Å². The van der Waals surface area contributed by atoms with E-state index in [2.05, 4.69) is 15.3 Å². The number of piperidine rings is 1. The topological polar surface area (TPSA) is 67.0 Å². The zero-order valence-corrected chi connectivity index (χ0v) is 9.59. The van der Waals surface area contributed by atoms with Crippen molar-refractivity contribution in [2.24, 2.45) is 5.92 Å². The van der Waals surface area contributed by atoms with Crippen LogP contribution in [-0.2, 0) is 0 Å². The number of nitrogens with zero attached hydrogens (tertiary/aromatic N) is 1. The fourth-order valence-electron chi connectivity index (χ4n) is 1.73. The highest BCUT2D eigenvalue weighted by Crippen LogP contribution is 2.17. The van der Waals surface area contributed by atoms with Crippen molar-refractivity contribution in [1.82, 2.24) is 15.3 Å². The molecule has 6 heteroatoms. The van der Waals surface area contributed by atoms with Crippen molar-refractivity contribution in [3.8, 4) is 5.88 Å². The average Bonchev–Trinajstić information content (AvgIpc) is 2.32. The van der Waals surface area contributed by atoms with Crippen LogP contribution in [-0.4, -0.2) is 29.7 Å². The molecule has 2 N–H and O–H groups in total. The predicted octanol–water partition coefficient (Wildman–Crippen LogP) is 0.802. The Morgan fingerprint density at radius 3 is 3.25 bits per heavy atom. The predicted molar refractivity (Wildman–Crippen MR) is 61.0 cm³/mol. The van der Waals surface area contributed by atoms with E-state index in [-0.39, 0.29) is 16.5 Å². The van der Waals surface area contributed by atoms with Gasteiger partial charge in [0.1, 0.15) is 0 Å². The third kappa shape index (κ3) is 2.74. The van der Waals surface area contributed by atoms with Gasteiger partial charge in [0.2, 0.25) is 5.88 Å². The van der Waals surface area contributed by atoms with Crippen LogP contribution in [0, 0.1) is 5.92 Å². The fourth-order valence-corrected chi connectivity index (χ4v) is 1.89. The maximum atomic E-state index is 11.2. The van der Waals surface area contributed by atoms with Crippen molar-refractivity contribution < 1.29 is 4.74 Å². The van der Waals surface area contributed by atoms with E-state index in [1.165, 1.54) is 6.33 Å². The van der Waals surface area contributed by atoms with Crippen LogP contribution in [0.1, 0.15) is 12.8 Å². The quantitative estimate of drug-likeness (QED) is 0.824. The molecule has 1 aliphatic rings. The molecule has 0 saturated carbocycles. The Kier molecular flexibility index (Phi) is 3.79. The van der Waals surface area contributed by atoms with Gasteiger partial charge in [-0.15, -0.1) is 0 Å². The van der Waals surface area contributed by atoms with Gasteiger partial charge in [0.15, 0.2) is 5.02 Å². The van der Waals surface area contributed by atoms with Crippen molar-refractivity contribution >= 4 is 11.6 Å². The summed E-state index contributed by atoms with van der Waals surface area (Å²) in [5.41, 5.74) is -0.367. The Bertz CT molecular complexity index is 401. The number of aromatic nitrogens is 2. The van der Waals surface area contributed by atoms with Crippen molar-refractivity contribution in [2.45, 2.75) is 12.8 Å². The molecular formula is C10H14ClN3O2. The Labute approximate surface area is 98.2 Å². The van der Waals surface area contributed by atoms with Crippen LogP contribution >= 0.6 is 11.6 Å². The van der Waals surface area contributed by atoms with Gasteiger partial charge in [-0.25, -0.2) is 4.98 Å². The number of ether oxygens (including phenoxy) is 1. The molecule has 0 bridgehead atoms. The van der Waals surface area contributed by atoms with Crippen LogP contribution in [0.3, 0.4) is 0 Å². The summed E-state index contributed by atoms with van der Waals surface area (Å²) in [6.45, 7) is 2.56. The van der Waals surface area contributed by atoms with E-state index >= 15 is 0 Å². The molecule has 0 spiro atoms. The second-order valence-electron chi connectivity index (χ2n) is 3.87. The Morgan fingerprint density at radius 1 is 1.62 bits per heavy atom. The number of rotatable bonds is 3. The summed E-state index contributed by atoms with van der Waals surface area (Å²) in [6.07, 6.45) is 3.58. The number of aromatic amines is 1. The minimum Gasteiger partial charge on any atom is -0.476 e. The highest BCUT2D eigenvalue weighted by Gasteiger charge is 2.15. The molecule has 1 unspecified atom stereocenters. The van der Waals surface area contributed by atoms with Gasteiger partial charge in [0, 0.05) is 12.5 Å². The van der Waals surface area contributed by atoms with Crippen molar-refractivity contribution in [3.05, 3.63) is 21.7 Å². The first-order valence-corrected chi connectivity index (χ1v) is 5.72. The summed E-state index contributed by atoms with van der Waals surface area (Å²) in [6, 6.07) is 0. The van der Waals surface area contributed by atoms with Gasteiger partial charge in [-0.3, -0.25) is 4.79 Å². The third-order valence-corrected chi connectivity index (χ3v) is 2.95. The van der Waals surface area contributed by atoms with Gasteiger partial charge >= 0.3 is 0 Å². The lowest BCUT2D eigenvalue weighted by Gasteiger charge is -2.22. The number of nitrogens with one attached hydrogen (secondary N) is 2. The molecule has 2 heterocycles. The van der Waals surface area contributed by atoms with Crippen molar-refractivity contribution in [1.29, 1.82) is 0 Å². The lowest BCUT2D eigenvalue weighted by atomic mass is 10.0. The largest absolute Gasteiger partial charge is 0.476 e. The van der Waals surface area contributed by atoms with E-state index in [0.717, 1.165) is 25.9 Å². The monoisotopic (exact) mass is 243 g/mol. The zero-order chi connectivity index (χ0) is 11.4. The molecule has 0 aromatic carbocycles. The van der Waals surface area contributed by atoms with Crippen LogP contribution in [0.5, 0.6) is 5.88 Å². The summed E-state index contributed by atoms with van der Waals surface area (Å²) in [5.74, 6) is 0.682. The lowest BCUT2D eigenvalue weighted by Crippen LogP contribution is -2.33. The fraction of sp³-hybridized carbons (Fsp3) is 0.600. The summed E-state index contributed by atoms with van der Waals surface area (Å²) in [5, 5.41) is 3.32. The van der Waals surface area contributed by atoms with Crippen LogP contribution in [0.4, 0.5) is 0 Å². The normalized spacial score (nSPS) is 20.7. The van der Waals surface area contributed by atoms with E-state index in [9.17, 15) is 4.79 Å². The van der Waals surface area contributed by atoms with Crippen LogP contribution in [0.2, 0.25) is 5.02 Å². The maximum Gasteiger partial charge on any atom is 0.273 e. The highest BCUT2D eigenvalue weighted by atomic mass is 35.5. The molecule has 1 aromatic rings. The van der Waals surface area contributed by atoms with E-state index in [1.807, 2.05) is 0 Å². The molecule has 88 valence electrons. The molecular weight excluding hydrogens is 230 g/mol. The standard InChI is InChI=1S/C10H14ClN3O2/c11-8-9(15)13-6-14-10(8)16-5-7-2-1-3-12-4-7/h6-7,12H,1-5H2,(H,13,14,15). The maximum absolute atomic E-state index is 11.2. The van der Waals surface area contributed by atoms with Crippen molar-refractivity contribution in [2.75, 3.05) is 19.7 Å². The summed E-state index contributed by atoms with van der Waals surface area (Å²) >= 11 is 5.76. The molecule has 5 nitrogen and oxygen atoms in total. The molecule has 1 aliphatic heterocycles. The second kappa shape index (κ2) is 5.32. The molecule has 1 saturated heterocycles. The minimum atomic E-state index is -0.367. The first-order valence-electron chi connectivity index (χ1n) is 5.34. The molecule has 16 heavy (non-hydrogen) atoms. The van der Waals surface area contributed by atoms with Gasteiger partial charge in [-0.2, -0.15) is 0 Å². The molecule has 1 fully saturated rings. The number of hydrogen-bond donors (Lipinski definition) is 2. The number of H-pyrrole nitrogens is 1. The van der Waals surface area contributed by atoms with E-state index in [4.69, 9.17) is 16.3 Å². The molecule has 1 aromatic heterocycles. The zero-order valence-electron chi connectivity index (χ0n) is 8.83. The molecule has 2 rings (SSSR count). The first-order chi connectivity index (χ1) is 7.77. The van der Waals surface area contributed by atoms with Crippen LogP contribution < -0.4 is 15.6 Å². The second-order valence-corrected chi connectivity index (χ2v) is 4.25. The number of hydrogen-bond acceptors (Lipinski definition) is 4. The smallest absolute Gasteiger partial charge is 0.273 e. The van der Waals surface area contributed by atoms with E-state index in [0.29, 0.717) is 12.5 Å². The average molecular weight is 244 g/mol. The third-order valence-electron chi connectivity index (χ3n) is 2.62. The Hall–Kier alpha value is -1.07. The summed E-state index contributed by atoms with van der Waals surface area (Å²) < 4.78 is 5.45. The Morgan fingerprint density at radius 2 is 2.50 bits per heavy atom. The number of halogens is 1. The van der Waals surface area contributed by atoms with Crippen LogP contribution in [0.25, 0.3) is 0 Å². The first kappa shape index (κ1) is 11.4. The van der Waals surface area contributed by atoms with Crippen LogP contribution in [0.15, 0.2) is 11.1 Å². The van der Waals surface area contributed by atoms with Gasteiger partial charge < -0.3 is 15.0 Å². The van der Waals surface area contributed by atoms with Gasteiger partial charge in [0.25, 0.3) is 5.56 Å². The van der Waals surface area contributed by atoms with E-state index < -0.39 is 0 Å². The highest BCUT2D eigenvalue weighted by molar-refractivity contribution is 6.31. The SMILES string of the molecule is O=c1[nH]cnc(OCC2CCCNC2)c1Cl. The molecule has 0 aliphatic carbocycles. The minimum absolute atomic E-state index is 0.0197. The van der Waals surface area contributed by atoms with Crippen molar-refractivity contribution in [3.63, 3.8) is 0 Å². The van der Waals surface area contributed by atoms with Gasteiger partial charge in [-0.1, -0.05) is 11.6 Å². The molecule has 1 atom stereocenters. The summed E-state index contributed by atoms with van der Waals surface area (Å²) in [4.78, 5) is 17.5. The van der Waals surface area contributed by atoms with Gasteiger partial charge in [0.05, 0.1) is 12.9 Å². The molecule has 0 radical (unpaired) electrons. The Balaban J connectivity index is 1.93. The lowest BCUT2D eigenvalue weighted by molar-refractivity contribution is 0.212.